The molecule has 0 bridgehead atoms. The second-order valence-corrected chi connectivity index (χ2v) is 7.70. The van der Waals surface area contributed by atoms with Crippen LogP contribution >= 0.6 is 0 Å². The maximum Gasteiger partial charge on any atom is 0.254 e. The molecule has 1 aliphatic heterocycles. The van der Waals surface area contributed by atoms with E-state index in [0.29, 0.717) is 32.7 Å². The van der Waals surface area contributed by atoms with E-state index in [1.54, 1.807) is 0 Å². The summed E-state index contributed by atoms with van der Waals surface area (Å²) in [5.74, 6) is 0.0729. The van der Waals surface area contributed by atoms with E-state index in [1.165, 1.54) is 0 Å². The minimum absolute atomic E-state index is 0.00782. The van der Waals surface area contributed by atoms with E-state index in [1.807, 2.05) is 69.0 Å². The average Bonchev–Trinajstić information content (AvgIpc) is 2.65. The summed E-state index contributed by atoms with van der Waals surface area (Å²) < 4.78 is 0. The highest BCUT2D eigenvalue weighted by molar-refractivity contribution is 5.96. The molecule has 0 aliphatic carbocycles. The monoisotopic (exact) mass is 379 g/mol. The molecular weight excluding hydrogens is 350 g/mol. The molecule has 0 aromatic heterocycles. The lowest BCUT2D eigenvalue weighted by molar-refractivity contribution is -0.117. The summed E-state index contributed by atoms with van der Waals surface area (Å²) in [4.78, 5) is 29.3. The molecule has 1 saturated heterocycles. The molecule has 28 heavy (non-hydrogen) atoms. The first-order chi connectivity index (χ1) is 13.3. The van der Waals surface area contributed by atoms with E-state index in [0.717, 1.165) is 33.5 Å². The van der Waals surface area contributed by atoms with Gasteiger partial charge in [-0.15, -0.1) is 0 Å². The predicted molar refractivity (Wildman–Crippen MR) is 113 cm³/mol. The topological polar surface area (TPSA) is 52.7 Å². The molecule has 1 aliphatic rings. The third-order valence-corrected chi connectivity index (χ3v) is 5.38. The van der Waals surface area contributed by atoms with Crippen molar-refractivity contribution >= 4 is 17.5 Å². The van der Waals surface area contributed by atoms with Gasteiger partial charge in [-0.3, -0.25) is 14.5 Å². The Balaban J connectivity index is 1.54. The van der Waals surface area contributed by atoms with Crippen LogP contribution in [0.15, 0.2) is 36.4 Å². The van der Waals surface area contributed by atoms with Crippen molar-refractivity contribution in [2.24, 2.45) is 0 Å². The van der Waals surface area contributed by atoms with Gasteiger partial charge in [0, 0.05) is 37.4 Å². The number of nitrogens with zero attached hydrogens (tertiary/aromatic N) is 2. The lowest BCUT2D eigenvalue weighted by Gasteiger charge is -2.34. The molecule has 0 saturated carbocycles. The first-order valence-corrected chi connectivity index (χ1v) is 9.80. The van der Waals surface area contributed by atoms with Gasteiger partial charge >= 0.3 is 0 Å². The maximum atomic E-state index is 12.8. The number of carbonyl (C=O) groups excluding carboxylic acids is 2. The summed E-state index contributed by atoms with van der Waals surface area (Å²) in [6, 6.07) is 11.9. The quantitative estimate of drug-likeness (QED) is 0.887. The minimum atomic E-state index is -0.00782. The van der Waals surface area contributed by atoms with Gasteiger partial charge in [0.2, 0.25) is 5.91 Å². The molecule has 148 valence electrons. The zero-order chi connectivity index (χ0) is 20.3. The minimum Gasteiger partial charge on any atom is -0.336 e. The summed E-state index contributed by atoms with van der Waals surface area (Å²) >= 11 is 0. The van der Waals surface area contributed by atoms with Crippen LogP contribution < -0.4 is 5.32 Å². The normalized spacial score (nSPS) is 14.8. The van der Waals surface area contributed by atoms with Crippen molar-refractivity contribution in [1.82, 2.24) is 9.80 Å². The molecule has 1 heterocycles. The molecule has 3 rings (SSSR count). The largest absolute Gasteiger partial charge is 0.336 e. The summed E-state index contributed by atoms with van der Waals surface area (Å²) in [6.07, 6.45) is 0. The van der Waals surface area contributed by atoms with Gasteiger partial charge in [-0.05, 0) is 50.5 Å². The van der Waals surface area contributed by atoms with Crippen LogP contribution in [0.4, 0.5) is 5.69 Å². The number of anilines is 1. The zero-order valence-corrected chi connectivity index (χ0v) is 17.2. The summed E-state index contributed by atoms with van der Waals surface area (Å²) in [6.45, 7) is 11.1. The molecule has 1 fully saturated rings. The Morgan fingerprint density at radius 3 is 2.14 bits per heavy atom. The molecule has 2 aromatic rings. The number of aryl methyl sites for hydroxylation is 4. The summed E-state index contributed by atoms with van der Waals surface area (Å²) in [5.41, 5.74) is 5.98. The van der Waals surface area contributed by atoms with Crippen LogP contribution in [0.5, 0.6) is 0 Å². The number of benzene rings is 2. The van der Waals surface area contributed by atoms with Gasteiger partial charge in [0.15, 0.2) is 0 Å². The lowest BCUT2D eigenvalue weighted by atomic mass is 10.0. The van der Waals surface area contributed by atoms with E-state index < -0.39 is 0 Å². The van der Waals surface area contributed by atoms with Crippen LogP contribution in [0.1, 0.15) is 32.6 Å². The van der Waals surface area contributed by atoms with E-state index in [-0.39, 0.29) is 11.8 Å². The second-order valence-electron chi connectivity index (χ2n) is 7.70. The third-order valence-electron chi connectivity index (χ3n) is 5.38. The van der Waals surface area contributed by atoms with Gasteiger partial charge in [-0.1, -0.05) is 35.9 Å². The van der Waals surface area contributed by atoms with Gasteiger partial charge in [-0.25, -0.2) is 0 Å². The predicted octanol–water partition coefficient (Wildman–Crippen LogP) is 3.32. The van der Waals surface area contributed by atoms with Gasteiger partial charge in [0.1, 0.15) is 0 Å². The average molecular weight is 380 g/mol. The molecule has 0 unspecified atom stereocenters. The highest BCUT2D eigenvalue weighted by Crippen LogP contribution is 2.19. The molecule has 0 atom stereocenters. The van der Waals surface area contributed by atoms with Crippen molar-refractivity contribution in [2.45, 2.75) is 27.7 Å². The molecular formula is C23H29N3O2. The van der Waals surface area contributed by atoms with Gasteiger partial charge < -0.3 is 10.2 Å². The van der Waals surface area contributed by atoms with Crippen LogP contribution in [0.2, 0.25) is 0 Å². The second kappa shape index (κ2) is 8.57. The molecule has 5 nitrogen and oxygen atoms in total. The highest BCUT2D eigenvalue weighted by Gasteiger charge is 2.24. The van der Waals surface area contributed by atoms with Gasteiger partial charge in [0.05, 0.1) is 6.54 Å². The fraction of sp³-hybridized carbons (Fsp3) is 0.391. The third kappa shape index (κ3) is 4.60. The molecule has 5 heteroatoms. The zero-order valence-electron chi connectivity index (χ0n) is 17.2. The maximum absolute atomic E-state index is 12.8. The number of para-hydroxylation sites is 1. The summed E-state index contributed by atoms with van der Waals surface area (Å²) in [7, 11) is 0. The number of amides is 2. The van der Waals surface area contributed by atoms with E-state index in [9.17, 15) is 9.59 Å². The van der Waals surface area contributed by atoms with Crippen LogP contribution in [0.3, 0.4) is 0 Å². The van der Waals surface area contributed by atoms with Crippen LogP contribution in [0.25, 0.3) is 0 Å². The smallest absolute Gasteiger partial charge is 0.254 e. The standard InChI is InChI=1S/C23H29N3O2/c1-16-8-9-20(19(4)14-16)23(28)26-12-10-25(11-13-26)15-21(27)24-22-17(2)6-5-7-18(22)3/h5-9,14H,10-13,15H2,1-4H3,(H,24,27). The van der Waals surface area contributed by atoms with Crippen LogP contribution in [-0.2, 0) is 4.79 Å². The summed E-state index contributed by atoms with van der Waals surface area (Å²) in [5, 5.41) is 3.04. The Bertz CT molecular complexity index is 863. The molecule has 2 aromatic carbocycles. The Labute approximate surface area is 167 Å². The SMILES string of the molecule is Cc1ccc(C(=O)N2CCN(CC(=O)Nc3c(C)cccc3C)CC2)c(C)c1. The molecule has 1 N–H and O–H groups in total. The van der Waals surface area contributed by atoms with Gasteiger partial charge in [-0.2, -0.15) is 0 Å². The fourth-order valence-corrected chi connectivity index (χ4v) is 3.73. The van der Waals surface area contributed by atoms with E-state index in [2.05, 4.69) is 10.2 Å². The van der Waals surface area contributed by atoms with Crippen LogP contribution in [-0.4, -0.2) is 54.3 Å². The Morgan fingerprint density at radius 2 is 1.54 bits per heavy atom. The molecule has 0 radical (unpaired) electrons. The number of rotatable bonds is 4. The Morgan fingerprint density at radius 1 is 0.893 bits per heavy atom. The van der Waals surface area contributed by atoms with Crippen molar-refractivity contribution in [3.05, 3.63) is 64.2 Å². The Kier molecular flexibility index (Phi) is 6.15. The number of hydrogen-bond acceptors (Lipinski definition) is 3. The number of piperazine rings is 1. The molecule has 2 amide bonds. The van der Waals surface area contributed by atoms with E-state index >= 15 is 0 Å². The highest BCUT2D eigenvalue weighted by atomic mass is 16.2. The van der Waals surface area contributed by atoms with Crippen molar-refractivity contribution in [3.63, 3.8) is 0 Å². The number of hydrogen-bond donors (Lipinski definition) is 1. The Hall–Kier alpha value is -2.66. The number of carbonyl (C=O) groups is 2. The van der Waals surface area contributed by atoms with E-state index in [4.69, 9.17) is 0 Å². The van der Waals surface area contributed by atoms with Gasteiger partial charge in [0.25, 0.3) is 5.91 Å². The first-order valence-electron chi connectivity index (χ1n) is 9.80. The first kappa shape index (κ1) is 20.1. The fourth-order valence-electron chi connectivity index (χ4n) is 3.73. The van der Waals surface area contributed by atoms with Crippen molar-refractivity contribution < 1.29 is 9.59 Å². The van der Waals surface area contributed by atoms with Crippen LogP contribution in [0, 0.1) is 27.7 Å². The van der Waals surface area contributed by atoms with Crippen molar-refractivity contribution in [3.8, 4) is 0 Å². The lowest BCUT2D eigenvalue weighted by Crippen LogP contribution is -2.50. The van der Waals surface area contributed by atoms with Crippen molar-refractivity contribution in [2.75, 3.05) is 38.0 Å². The van der Waals surface area contributed by atoms with Crippen molar-refractivity contribution in [1.29, 1.82) is 0 Å². The number of nitrogens with one attached hydrogen (secondary N) is 1. The molecule has 0 spiro atoms.